The van der Waals surface area contributed by atoms with Gasteiger partial charge in [-0.2, -0.15) is 0 Å². The number of anilines is 1. The van der Waals surface area contributed by atoms with Crippen molar-refractivity contribution in [2.24, 2.45) is 0 Å². The van der Waals surface area contributed by atoms with Gasteiger partial charge < -0.3 is 14.8 Å². The summed E-state index contributed by atoms with van der Waals surface area (Å²) >= 11 is 0. The average molecular weight is 403 g/mol. The van der Waals surface area contributed by atoms with E-state index in [0.29, 0.717) is 11.4 Å². The highest BCUT2D eigenvalue weighted by atomic mass is 16.6. The molecule has 0 aromatic heterocycles. The first kappa shape index (κ1) is 21.1. The molecule has 3 aromatic rings. The van der Waals surface area contributed by atoms with Crippen molar-refractivity contribution in [2.75, 3.05) is 18.5 Å². The third-order valence-corrected chi connectivity index (χ3v) is 4.59. The molecule has 154 valence electrons. The van der Waals surface area contributed by atoms with Gasteiger partial charge in [-0.15, -0.1) is 0 Å². The van der Waals surface area contributed by atoms with E-state index < -0.39 is 11.9 Å². The molecule has 0 aliphatic carbocycles. The van der Waals surface area contributed by atoms with Crippen molar-refractivity contribution in [2.45, 2.75) is 20.8 Å². The molecule has 0 atom stereocenters. The second kappa shape index (κ2) is 9.74. The molecule has 5 nitrogen and oxygen atoms in total. The molecule has 0 unspecified atom stereocenters. The molecule has 0 radical (unpaired) electrons. The Morgan fingerprint density at radius 1 is 0.833 bits per heavy atom. The van der Waals surface area contributed by atoms with E-state index in [2.05, 4.69) is 5.32 Å². The second-order valence-electron chi connectivity index (χ2n) is 7.14. The highest BCUT2D eigenvalue weighted by Crippen LogP contribution is 2.27. The van der Waals surface area contributed by atoms with Crippen molar-refractivity contribution >= 4 is 17.6 Å². The second-order valence-corrected chi connectivity index (χ2v) is 7.14. The molecule has 0 bridgehead atoms. The number of carbonyl (C=O) groups excluding carboxylic acids is 2. The number of ether oxygens (including phenoxy) is 2. The Bertz CT molecular complexity index is 1020. The quantitative estimate of drug-likeness (QED) is 0.574. The van der Waals surface area contributed by atoms with E-state index in [-0.39, 0.29) is 13.2 Å². The van der Waals surface area contributed by atoms with Crippen molar-refractivity contribution in [1.29, 1.82) is 0 Å². The van der Waals surface area contributed by atoms with Crippen molar-refractivity contribution in [1.82, 2.24) is 0 Å². The number of hydrogen-bond acceptors (Lipinski definition) is 4. The van der Waals surface area contributed by atoms with Gasteiger partial charge >= 0.3 is 5.97 Å². The molecule has 30 heavy (non-hydrogen) atoms. The summed E-state index contributed by atoms with van der Waals surface area (Å²) in [5.41, 5.74) is 5.58. The van der Waals surface area contributed by atoms with Crippen LogP contribution in [0, 0.1) is 20.8 Å². The molecule has 0 spiro atoms. The van der Waals surface area contributed by atoms with Crippen LogP contribution >= 0.6 is 0 Å². The largest absolute Gasteiger partial charge is 0.481 e. The maximum Gasteiger partial charge on any atom is 0.344 e. The number of aryl methyl sites for hydroxylation is 3. The summed E-state index contributed by atoms with van der Waals surface area (Å²) in [4.78, 5) is 24.3. The molecule has 0 fully saturated rings. The minimum Gasteiger partial charge on any atom is -0.481 e. The summed E-state index contributed by atoms with van der Waals surface area (Å²) < 4.78 is 10.7. The van der Waals surface area contributed by atoms with E-state index in [0.717, 1.165) is 27.8 Å². The van der Waals surface area contributed by atoms with Gasteiger partial charge in [0.15, 0.2) is 13.2 Å². The van der Waals surface area contributed by atoms with Crippen LogP contribution in [0.1, 0.15) is 16.7 Å². The highest BCUT2D eigenvalue weighted by Gasteiger charge is 2.13. The van der Waals surface area contributed by atoms with Gasteiger partial charge in [-0.1, -0.05) is 66.2 Å². The Balaban J connectivity index is 1.54. The number of rotatable bonds is 7. The first-order chi connectivity index (χ1) is 14.4. The SMILES string of the molecule is Cc1cc(C)c(OCC(=O)OCC(=O)Nc2ccccc2-c2ccccc2)c(C)c1. The molecule has 1 amide bonds. The average Bonchev–Trinajstić information content (AvgIpc) is 2.72. The summed E-state index contributed by atoms with van der Waals surface area (Å²) in [7, 11) is 0. The maximum absolute atomic E-state index is 12.3. The number of amides is 1. The lowest BCUT2D eigenvalue weighted by Gasteiger charge is -2.13. The van der Waals surface area contributed by atoms with Crippen LogP contribution in [-0.2, 0) is 14.3 Å². The van der Waals surface area contributed by atoms with Crippen LogP contribution in [0.3, 0.4) is 0 Å². The third kappa shape index (κ3) is 5.47. The van der Waals surface area contributed by atoms with E-state index >= 15 is 0 Å². The van der Waals surface area contributed by atoms with Gasteiger partial charge in [0.05, 0.1) is 0 Å². The molecule has 0 aliphatic rings. The van der Waals surface area contributed by atoms with E-state index in [1.165, 1.54) is 0 Å². The van der Waals surface area contributed by atoms with Crippen LogP contribution in [0.25, 0.3) is 11.1 Å². The van der Waals surface area contributed by atoms with Crippen LogP contribution in [0.2, 0.25) is 0 Å². The number of nitrogens with one attached hydrogen (secondary N) is 1. The molecule has 0 aliphatic heterocycles. The predicted octanol–water partition coefficient (Wildman–Crippen LogP) is 4.84. The van der Waals surface area contributed by atoms with E-state index in [9.17, 15) is 9.59 Å². The Morgan fingerprint density at radius 2 is 1.47 bits per heavy atom. The summed E-state index contributed by atoms with van der Waals surface area (Å²) in [6, 6.07) is 21.2. The van der Waals surface area contributed by atoms with E-state index in [4.69, 9.17) is 9.47 Å². The van der Waals surface area contributed by atoms with Gasteiger partial charge in [0.25, 0.3) is 5.91 Å². The lowest BCUT2D eigenvalue weighted by Crippen LogP contribution is -2.24. The lowest BCUT2D eigenvalue weighted by molar-refractivity contribution is -0.149. The third-order valence-electron chi connectivity index (χ3n) is 4.59. The molecule has 0 saturated carbocycles. The zero-order valence-corrected chi connectivity index (χ0v) is 17.4. The normalized spacial score (nSPS) is 10.4. The smallest absolute Gasteiger partial charge is 0.344 e. The van der Waals surface area contributed by atoms with Crippen LogP contribution < -0.4 is 10.1 Å². The molecule has 1 N–H and O–H groups in total. The van der Waals surface area contributed by atoms with E-state index in [1.54, 1.807) is 0 Å². The van der Waals surface area contributed by atoms with Crippen molar-refractivity contribution in [3.8, 4) is 16.9 Å². The van der Waals surface area contributed by atoms with Gasteiger partial charge in [0.2, 0.25) is 0 Å². The minimum absolute atomic E-state index is 0.251. The van der Waals surface area contributed by atoms with Crippen molar-refractivity contribution < 1.29 is 19.1 Å². The zero-order chi connectivity index (χ0) is 21.5. The number of hydrogen-bond donors (Lipinski definition) is 1. The number of para-hydroxylation sites is 1. The first-order valence-electron chi connectivity index (χ1n) is 9.74. The van der Waals surface area contributed by atoms with Crippen molar-refractivity contribution in [3.63, 3.8) is 0 Å². The molecule has 3 aromatic carbocycles. The topological polar surface area (TPSA) is 64.6 Å². The van der Waals surface area contributed by atoms with Crippen molar-refractivity contribution in [3.05, 3.63) is 83.4 Å². The summed E-state index contributed by atoms with van der Waals surface area (Å²) in [5.74, 6) is -0.339. The molecule has 0 saturated heterocycles. The van der Waals surface area contributed by atoms with Gasteiger partial charge in [-0.25, -0.2) is 4.79 Å². The monoisotopic (exact) mass is 403 g/mol. The Hall–Kier alpha value is -3.60. The lowest BCUT2D eigenvalue weighted by atomic mass is 10.0. The Morgan fingerprint density at radius 3 is 2.17 bits per heavy atom. The number of benzene rings is 3. The van der Waals surface area contributed by atoms with Crippen LogP contribution in [0.5, 0.6) is 5.75 Å². The Labute approximate surface area is 176 Å². The highest BCUT2D eigenvalue weighted by molar-refractivity contribution is 5.96. The molecular formula is C25H25NO4. The van der Waals surface area contributed by atoms with Gasteiger partial charge in [0.1, 0.15) is 5.75 Å². The molecule has 5 heteroatoms. The molecule has 0 heterocycles. The fraction of sp³-hybridized carbons (Fsp3) is 0.200. The van der Waals surface area contributed by atoms with Gasteiger partial charge in [-0.3, -0.25) is 4.79 Å². The van der Waals surface area contributed by atoms with Crippen LogP contribution in [-0.4, -0.2) is 25.1 Å². The zero-order valence-electron chi connectivity index (χ0n) is 17.4. The van der Waals surface area contributed by atoms with E-state index in [1.807, 2.05) is 87.5 Å². The summed E-state index contributed by atoms with van der Waals surface area (Å²) in [6.45, 7) is 5.24. The van der Waals surface area contributed by atoms with Crippen LogP contribution in [0.4, 0.5) is 5.69 Å². The molecular weight excluding hydrogens is 378 g/mol. The minimum atomic E-state index is -0.596. The fourth-order valence-electron chi connectivity index (χ4n) is 3.36. The first-order valence-corrected chi connectivity index (χ1v) is 9.74. The Kier molecular flexibility index (Phi) is 6.86. The predicted molar refractivity (Wildman–Crippen MR) is 118 cm³/mol. The van der Waals surface area contributed by atoms with Gasteiger partial charge in [0, 0.05) is 11.3 Å². The summed E-state index contributed by atoms with van der Waals surface area (Å²) in [6.07, 6.45) is 0. The van der Waals surface area contributed by atoms with Gasteiger partial charge in [-0.05, 0) is 43.5 Å². The molecule has 3 rings (SSSR count). The number of esters is 1. The fourth-order valence-corrected chi connectivity index (χ4v) is 3.36. The maximum atomic E-state index is 12.3. The number of carbonyl (C=O) groups is 2. The summed E-state index contributed by atoms with van der Waals surface area (Å²) in [5, 5.41) is 2.81. The van der Waals surface area contributed by atoms with Crippen LogP contribution in [0.15, 0.2) is 66.7 Å². The standard InChI is InChI=1S/C25H25NO4/c1-17-13-18(2)25(19(3)14-17)30-16-24(28)29-15-23(27)26-22-12-8-7-11-21(22)20-9-5-4-6-10-20/h4-14H,15-16H2,1-3H3,(H,26,27).